The molecule has 1 saturated heterocycles. The van der Waals surface area contributed by atoms with Crippen LogP contribution in [-0.2, 0) is 9.59 Å². The third kappa shape index (κ3) is 4.76. The molecule has 2 atom stereocenters. The summed E-state index contributed by atoms with van der Waals surface area (Å²) < 4.78 is 0. The summed E-state index contributed by atoms with van der Waals surface area (Å²) in [5.74, 6) is -2.15. The summed E-state index contributed by atoms with van der Waals surface area (Å²) in [4.78, 5) is 34.9. The van der Waals surface area contributed by atoms with Crippen molar-refractivity contribution in [1.29, 1.82) is 0 Å². The highest BCUT2D eigenvalue weighted by molar-refractivity contribution is 5.86. The van der Waals surface area contributed by atoms with Crippen LogP contribution in [0.15, 0.2) is 0 Å². The molecule has 0 radical (unpaired) electrons. The quantitative estimate of drug-likeness (QED) is 0.684. The zero-order valence-electron chi connectivity index (χ0n) is 11.0. The molecule has 0 saturated carbocycles. The number of amides is 2. The lowest BCUT2D eigenvalue weighted by atomic mass is 9.96. The molecular weight excluding hydrogens is 252 g/mol. The molecule has 7 heteroatoms. The fourth-order valence-electron chi connectivity index (χ4n) is 2.20. The predicted molar refractivity (Wildman–Crippen MR) is 66.8 cm³/mol. The van der Waals surface area contributed by atoms with E-state index in [1.54, 1.807) is 4.90 Å². The van der Waals surface area contributed by atoms with Crippen LogP contribution in [0, 0.1) is 5.92 Å². The van der Waals surface area contributed by atoms with Crippen molar-refractivity contribution in [3.63, 3.8) is 0 Å². The molecule has 19 heavy (non-hydrogen) atoms. The van der Waals surface area contributed by atoms with Gasteiger partial charge in [0.2, 0.25) is 0 Å². The smallest absolute Gasteiger partial charge is 0.326 e. The Kier molecular flexibility index (Phi) is 5.59. The topological polar surface area (TPSA) is 107 Å². The zero-order chi connectivity index (χ0) is 14.4. The van der Waals surface area contributed by atoms with E-state index in [0.29, 0.717) is 19.0 Å². The van der Waals surface area contributed by atoms with Crippen molar-refractivity contribution in [3.8, 4) is 0 Å². The van der Waals surface area contributed by atoms with E-state index < -0.39 is 30.4 Å². The highest BCUT2D eigenvalue weighted by Crippen LogP contribution is 2.19. The molecule has 7 nitrogen and oxygen atoms in total. The molecule has 0 aliphatic carbocycles. The number of likely N-dealkylation sites (tertiary alicyclic amines) is 1. The third-order valence-corrected chi connectivity index (χ3v) is 3.36. The van der Waals surface area contributed by atoms with Crippen LogP contribution in [0.5, 0.6) is 0 Å². The number of aliphatic carboxylic acids is 2. The van der Waals surface area contributed by atoms with Crippen LogP contribution in [0.4, 0.5) is 4.79 Å². The minimum atomic E-state index is -1.38. The normalized spacial score (nSPS) is 20.7. The molecule has 0 aromatic heterocycles. The van der Waals surface area contributed by atoms with Gasteiger partial charge in [0, 0.05) is 13.1 Å². The van der Waals surface area contributed by atoms with Gasteiger partial charge in [0.05, 0.1) is 6.42 Å². The fourth-order valence-corrected chi connectivity index (χ4v) is 2.20. The first-order chi connectivity index (χ1) is 8.93. The van der Waals surface area contributed by atoms with Gasteiger partial charge in [-0.15, -0.1) is 0 Å². The highest BCUT2D eigenvalue weighted by atomic mass is 16.4. The Balaban J connectivity index is 2.56. The summed E-state index contributed by atoms with van der Waals surface area (Å²) >= 11 is 0. The zero-order valence-corrected chi connectivity index (χ0v) is 11.0. The number of carboxylic acid groups (broad SMARTS) is 2. The standard InChI is InChI=1S/C12H20N2O5/c1-2-8-4-3-5-14(7-8)12(19)13-9(11(17)18)6-10(15)16/h8-9H,2-7H2,1H3,(H,13,19)(H,15,16)(H,17,18)/t8?,9-/m1/s1. The van der Waals surface area contributed by atoms with E-state index in [1.807, 2.05) is 0 Å². The maximum atomic E-state index is 11.9. The van der Waals surface area contributed by atoms with Crippen LogP contribution >= 0.6 is 0 Å². The molecular formula is C12H20N2O5. The minimum absolute atomic E-state index is 0.433. The molecule has 3 N–H and O–H groups in total. The molecule has 1 aliphatic rings. The lowest BCUT2D eigenvalue weighted by Crippen LogP contribution is -2.51. The maximum Gasteiger partial charge on any atom is 0.326 e. The Morgan fingerprint density at radius 3 is 2.58 bits per heavy atom. The number of rotatable bonds is 5. The molecule has 0 aromatic carbocycles. The molecule has 1 rings (SSSR count). The average Bonchev–Trinajstić information content (AvgIpc) is 2.37. The lowest BCUT2D eigenvalue weighted by molar-refractivity contribution is -0.145. The Morgan fingerprint density at radius 2 is 2.05 bits per heavy atom. The molecule has 2 amide bonds. The van der Waals surface area contributed by atoms with Crippen LogP contribution in [0.3, 0.4) is 0 Å². The van der Waals surface area contributed by atoms with Gasteiger partial charge >= 0.3 is 18.0 Å². The van der Waals surface area contributed by atoms with E-state index >= 15 is 0 Å². The number of hydrogen-bond acceptors (Lipinski definition) is 3. The monoisotopic (exact) mass is 272 g/mol. The van der Waals surface area contributed by atoms with Gasteiger partial charge in [-0.05, 0) is 18.8 Å². The van der Waals surface area contributed by atoms with Crippen molar-refractivity contribution in [2.24, 2.45) is 5.92 Å². The fraction of sp³-hybridized carbons (Fsp3) is 0.750. The molecule has 0 aromatic rings. The van der Waals surface area contributed by atoms with E-state index in [0.717, 1.165) is 19.3 Å². The summed E-state index contributed by atoms with van der Waals surface area (Å²) in [6.45, 7) is 3.24. The van der Waals surface area contributed by atoms with E-state index in [4.69, 9.17) is 10.2 Å². The van der Waals surface area contributed by atoms with Gasteiger partial charge < -0.3 is 20.4 Å². The minimum Gasteiger partial charge on any atom is -0.481 e. The number of carbonyl (C=O) groups is 3. The lowest BCUT2D eigenvalue weighted by Gasteiger charge is -2.33. The van der Waals surface area contributed by atoms with Crippen molar-refractivity contribution in [2.45, 2.75) is 38.6 Å². The Bertz CT molecular complexity index is 358. The van der Waals surface area contributed by atoms with Crippen molar-refractivity contribution >= 4 is 18.0 Å². The number of carboxylic acids is 2. The first-order valence-electron chi connectivity index (χ1n) is 6.44. The van der Waals surface area contributed by atoms with Gasteiger partial charge in [-0.25, -0.2) is 9.59 Å². The van der Waals surface area contributed by atoms with E-state index in [-0.39, 0.29) is 0 Å². The van der Waals surface area contributed by atoms with E-state index in [2.05, 4.69) is 12.2 Å². The van der Waals surface area contributed by atoms with Crippen molar-refractivity contribution in [2.75, 3.05) is 13.1 Å². The third-order valence-electron chi connectivity index (χ3n) is 3.36. The largest absolute Gasteiger partial charge is 0.481 e. The number of piperidine rings is 1. The molecule has 1 unspecified atom stereocenters. The number of nitrogens with zero attached hydrogens (tertiary/aromatic N) is 1. The van der Waals surface area contributed by atoms with Gasteiger partial charge in [-0.1, -0.05) is 13.3 Å². The number of urea groups is 1. The van der Waals surface area contributed by atoms with Crippen LogP contribution in [0.1, 0.15) is 32.6 Å². The number of nitrogens with one attached hydrogen (secondary N) is 1. The first-order valence-corrected chi connectivity index (χ1v) is 6.44. The van der Waals surface area contributed by atoms with Gasteiger partial charge in [0.25, 0.3) is 0 Å². The molecule has 1 heterocycles. The molecule has 1 aliphatic heterocycles. The molecule has 0 bridgehead atoms. The van der Waals surface area contributed by atoms with Crippen LogP contribution < -0.4 is 5.32 Å². The van der Waals surface area contributed by atoms with Gasteiger partial charge in [0.1, 0.15) is 6.04 Å². The molecule has 0 spiro atoms. The van der Waals surface area contributed by atoms with Crippen LogP contribution in [0.25, 0.3) is 0 Å². The summed E-state index contributed by atoms with van der Waals surface area (Å²) in [5, 5.41) is 19.7. The first kappa shape index (κ1) is 15.3. The summed E-state index contributed by atoms with van der Waals surface area (Å²) in [6.07, 6.45) is 2.31. The molecule has 1 fully saturated rings. The Morgan fingerprint density at radius 1 is 1.37 bits per heavy atom. The average molecular weight is 272 g/mol. The van der Waals surface area contributed by atoms with Crippen molar-refractivity contribution < 1.29 is 24.6 Å². The van der Waals surface area contributed by atoms with Gasteiger partial charge in [0.15, 0.2) is 0 Å². The van der Waals surface area contributed by atoms with E-state index in [9.17, 15) is 14.4 Å². The Hall–Kier alpha value is -1.79. The summed E-state index contributed by atoms with van der Waals surface area (Å²) in [7, 11) is 0. The van der Waals surface area contributed by atoms with Crippen LogP contribution in [-0.4, -0.2) is 52.2 Å². The number of hydrogen-bond donors (Lipinski definition) is 3. The number of carbonyl (C=O) groups excluding carboxylic acids is 1. The van der Waals surface area contributed by atoms with Crippen LogP contribution in [0.2, 0.25) is 0 Å². The second-order valence-electron chi connectivity index (χ2n) is 4.80. The highest BCUT2D eigenvalue weighted by Gasteiger charge is 2.28. The maximum absolute atomic E-state index is 11.9. The molecule has 108 valence electrons. The summed E-state index contributed by atoms with van der Waals surface area (Å²) in [5.41, 5.74) is 0. The Labute approximate surface area is 111 Å². The van der Waals surface area contributed by atoms with E-state index in [1.165, 1.54) is 0 Å². The SMILES string of the molecule is CCC1CCCN(C(=O)N[C@H](CC(=O)O)C(=O)O)C1. The summed E-state index contributed by atoms with van der Waals surface area (Å²) in [6, 6.07) is -1.88. The second kappa shape index (κ2) is 6.96. The van der Waals surface area contributed by atoms with Gasteiger partial charge in [-0.3, -0.25) is 4.79 Å². The predicted octanol–water partition coefficient (Wildman–Crippen LogP) is 0.746. The van der Waals surface area contributed by atoms with Crippen molar-refractivity contribution in [3.05, 3.63) is 0 Å². The van der Waals surface area contributed by atoms with Gasteiger partial charge in [-0.2, -0.15) is 0 Å². The second-order valence-corrected chi connectivity index (χ2v) is 4.80. The van der Waals surface area contributed by atoms with Crippen molar-refractivity contribution in [1.82, 2.24) is 10.2 Å².